The first kappa shape index (κ1) is 20.2. The maximum atomic E-state index is 12.7. The van der Waals surface area contributed by atoms with Crippen LogP contribution in [0.5, 0.6) is 0 Å². The molecule has 0 spiro atoms. The summed E-state index contributed by atoms with van der Waals surface area (Å²) in [6.07, 6.45) is 1.63. The number of fused-ring (bicyclic) bond motifs is 1. The number of carboxylic acids is 1. The van der Waals surface area contributed by atoms with Crippen molar-refractivity contribution >= 4 is 47.1 Å². The quantitative estimate of drug-likeness (QED) is 0.442. The molecule has 2 atom stereocenters. The fourth-order valence-corrected chi connectivity index (χ4v) is 5.59. The van der Waals surface area contributed by atoms with Crippen LogP contribution in [-0.4, -0.2) is 54.9 Å². The first-order valence-corrected chi connectivity index (χ1v) is 10.8. The number of nitrogens with two attached hydrogens (primary N) is 1. The molecule has 2 amide bonds. The summed E-state index contributed by atoms with van der Waals surface area (Å²) in [5, 5.41) is 12.3. The number of hydrogen-bond acceptors (Lipinski definition) is 8. The van der Waals surface area contributed by atoms with Crippen LogP contribution in [0.3, 0.4) is 0 Å². The molecule has 30 heavy (non-hydrogen) atoms. The van der Waals surface area contributed by atoms with E-state index in [9.17, 15) is 19.5 Å². The highest BCUT2D eigenvalue weighted by molar-refractivity contribution is 8.06. The SMILES string of the molecule is Nc1ccnc(SC2=C(C(=O)O)N3C(=O)[C@@H](NC(=O)Cc4ccccc4)C3SC2)n1. The minimum Gasteiger partial charge on any atom is -0.477 e. The Morgan fingerprint density at radius 2 is 2.07 bits per heavy atom. The second-order valence-electron chi connectivity index (χ2n) is 6.56. The molecule has 0 saturated carbocycles. The number of aliphatic carboxylic acids is 1. The number of carboxylic acid groups (broad SMARTS) is 1. The third-order valence-corrected chi connectivity index (χ3v) is 6.96. The van der Waals surface area contributed by atoms with Crippen LogP contribution in [0.2, 0.25) is 0 Å². The Bertz CT molecular complexity index is 1050. The summed E-state index contributed by atoms with van der Waals surface area (Å²) >= 11 is 2.46. The predicted octanol–water partition coefficient (Wildman–Crippen LogP) is 1.09. The van der Waals surface area contributed by atoms with Gasteiger partial charge in [0.1, 0.15) is 22.9 Å². The maximum absolute atomic E-state index is 12.7. The molecule has 2 aromatic rings. The highest BCUT2D eigenvalue weighted by atomic mass is 32.2. The molecule has 1 saturated heterocycles. The van der Waals surface area contributed by atoms with E-state index in [0.717, 1.165) is 17.3 Å². The van der Waals surface area contributed by atoms with Crippen molar-refractivity contribution in [2.45, 2.75) is 23.0 Å². The molecule has 1 aromatic carbocycles. The zero-order chi connectivity index (χ0) is 21.3. The Balaban J connectivity index is 1.49. The third kappa shape index (κ3) is 3.98. The number of nitrogens with one attached hydrogen (secondary N) is 1. The predicted molar refractivity (Wildman–Crippen MR) is 112 cm³/mol. The van der Waals surface area contributed by atoms with Gasteiger partial charge in [0.25, 0.3) is 5.91 Å². The van der Waals surface area contributed by atoms with E-state index in [0.29, 0.717) is 15.8 Å². The number of nitrogen functional groups attached to an aromatic ring is 1. The molecular formula is C19H17N5O4S2. The van der Waals surface area contributed by atoms with Crippen LogP contribution in [0.1, 0.15) is 5.56 Å². The van der Waals surface area contributed by atoms with E-state index in [1.807, 2.05) is 30.3 Å². The van der Waals surface area contributed by atoms with Gasteiger partial charge in [-0.2, -0.15) is 0 Å². The van der Waals surface area contributed by atoms with Crippen molar-refractivity contribution in [1.29, 1.82) is 0 Å². The highest BCUT2D eigenvalue weighted by Crippen LogP contribution is 2.44. The Morgan fingerprint density at radius 3 is 2.77 bits per heavy atom. The number of benzene rings is 1. The average molecular weight is 444 g/mol. The Kier molecular flexibility index (Phi) is 5.64. The lowest BCUT2D eigenvalue weighted by Gasteiger charge is -2.49. The molecule has 4 N–H and O–H groups in total. The first-order chi connectivity index (χ1) is 14.4. The average Bonchev–Trinajstić information content (AvgIpc) is 2.72. The van der Waals surface area contributed by atoms with Crippen molar-refractivity contribution in [3.63, 3.8) is 0 Å². The van der Waals surface area contributed by atoms with E-state index in [-0.39, 0.29) is 23.8 Å². The summed E-state index contributed by atoms with van der Waals surface area (Å²) in [6.45, 7) is 0. The number of anilines is 1. The van der Waals surface area contributed by atoms with E-state index >= 15 is 0 Å². The molecule has 1 fully saturated rings. The van der Waals surface area contributed by atoms with Gasteiger partial charge in [0.2, 0.25) is 5.91 Å². The van der Waals surface area contributed by atoms with Gasteiger partial charge in [0.05, 0.1) is 6.42 Å². The topological polar surface area (TPSA) is 139 Å². The van der Waals surface area contributed by atoms with E-state index in [2.05, 4.69) is 15.3 Å². The van der Waals surface area contributed by atoms with Crippen LogP contribution < -0.4 is 11.1 Å². The second-order valence-corrected chi connectivity index (χ2v) is 8.73. The summed E-state index contributed by atoms with van der Waals surface area (Å²) in [7, 11) is 0. The second kappa shape index (κ2) is 8.36. The van der Waals surface area contributed by atoms with Gasteiger partial charge in [-0.05, 0) is 11.6 Å². The number of thioether (sulfide) groups is 2. The first-order valence-electron chi connectivity index (χ1n) is 8.95. The fraction of sp³-hybridized carbons (Fsp3) is 0.211. The van der Waals surface area contributed by atoms with Crippen LogP contribution in [0.15, 0.2) is 58.4 Å². The molecule has 11 heteroatoms. The van der Waals surface area contributed by atoms with Crippen molar-refractivity contribution in [2.24, 2.45) is 0 Å². The number of carbonyl (C=O) groups is 3. The van der Waals surface area contributed by atoms with Crippen molar-refractivity contribution < 1.29 is 19.5 Å². The van der Waals surface area contributed by atoms with Gasteiger partial charge < -0.3 is 16.2 Å². The fourth-order valence-electron chi connectivity index (χ4n) is 3.19. The van der Waals surface area contributed by atoms with Crippen LogP contribution >= 0.6 is 23.5 Å². The van der Waals surface area contributed by atoms with Gasteiger partial charge >= 0.3 is 5.97 Å². The summed E-state index contributed by atoms with van der Waals surface area (Å²) < 4.78 is 0. The Labute approximate surface area is 180 Å². The molecule has 9 nitrogen and oxygen atoms in total. The normalized spacial score (nSPS) is 20.4. The van der Waals surface area contributed by atoms with Gasteiger partial charge in [-0.15, -0.1) is 11.8 Å². The van der Waals surface area contributed by atoms with Crippen LogP contribution in [0.4, 0.5) is 5.82 Å². The van der Waals surface area contributed by atoms with Crippen LogP contribution in [0.25, 0.3) is 0 Å². The highest BCUT2D eigenvalue weighted by Gasteiger charge is 2.54. The van der Waals surface area contributed by atoms with Gasteiger partial charge in [-0.1, -0.05) is 42.1 Å². The smallest absolute Gasteiger partial charge is 0.353 e. The Hall–Kier alpha value is -3.05. The summed E-state index contributed by atoms with van der Waals surface area (Å²) in [4.78, 5) is 46.8. The molecule has 3 heterocycles. The van der Waals surface area contributed by atoms with E-state index in [1.165, 1.54) is 28.9 Å². The Morgan fingerprint density at radius 1 is 1.30 bits per heavy atom. The monoisotopic (exact) mass is 443 g/mol. The molecule has 1 unspecified atom stereocenters. The zero-order valence-corrected chi connectivity index (χ0v) is 17.2. The molecule has 0 radical (unpaired) electrons. The number of carbonyl (C=O) groups excluding carboxylic acids is 2. The minimum absolute atomic E-state index is 0.103. The van der Waals surface area contributed by atoms with E-state index < -0.39 is 23.3 Å². The lowest BCUT2D eigenvalue weighted by atomic mass is 10.0. The minimum atomic E-state index is -1.21. The van der Waals surface area contributed by atoms with E-state index in [4.69, 9.17) is 5.73 Å². The summed E-state index contributed by atoms with van der Waals surface area (Å²) in [5.41, 5.74) is 6.39. The van der Waals surface area contributed by atoms with Gasteiger partial charge in [-0.25, -0.2) is 14.8 Å². The zero-order valence-electron chi connectivity index (χ0n) is 15.5. The summed E-state index contributed by atoms with van der Waals surface area (Å²) in [6, 6.07) is 9.97. The molecule has 0 bridgehead atoms. The number of amides is 2. The van der Waals surface area contributed by atoms with Crippen molar-refractivity contribution in [3.8, 4) is 0 Å². The van der Waals surface area contributed by atoms with Crippen molar-refractivity contribution in [3.05, 3.63) is 58.8 Å². The standard InChI is InChI=1S/C19H17N5O4S2/c20-12-6-7-21-19(22-12)30-11-9-29-17-14(16(26)24(17)15(11)18(27)28)23-13(25)8-10-4-2-1-3-5-10/h1-7,14,17H,8-9H2,(H,23,25)(H,27,28)(H2,20,21,22)/t14-,17?/m1/s1. The van der Waals surface area contributed by atoms with Gasteiger partial charge in [0.15, 0.2) is 5.16 Å². The third-order valence-electron chi connectivity index (χ3n) is 4.53. The summed E-state index contributed by atoms with van der Waals surface area (Å²) in [5.74, 6) is -1.32. The lowest BCUT2D eigenvalue weighted by molar-refractivity contribution is -0.150. The number of β-lactam (4-membered cyclic amide) rings is 1. The molecule has 4 rings (SSSR count). The molecule has 2 aliphatic rings. The van der Waals surface area contributed by atoms with E-state index in [1.54, 1.807) is 0 Å². The van der Waals surface area contributed by atoms with Gasteiger partial charge in [0, 0.05) is 16.9 Å². The maximum Gasteiger partial charge on any atom is 0.353 e. The number of rotatable bonds is 6. The largest absolute Gasteiger partial charge is 0.477 e. The molecular weight excluding hydrogens is 426 g/mol. The number of aromatic nitrogens is 2. The lowest BCUT2D eigenvalue weighted by Crippen LogP contribution is -2.70. The molecule has 154 valence electrons. The molecule has 2 aliphatic heterocycles. The van der Waals surface area contributed by atoms with Crippen LogP contribution in [0, 0.1) is 0 Å². The van der Waals surface area contributed by atoms with Crippen molar-refractivity contribution in [2.75, 3.05) is 11.5 Å². The molecule has 0 aliphatic carbocycles. The van der Waals surface area contributed by atoms with Crippen LogP contribution in [-0.2, 0) is 20.8 Å². The van der Waals surface area contributed by atoms with Gasteiger partial charge in [-0.3, -0.25) is 14.5 Å². The number of hydrogen-bond donors (Lipinski definition) is 3. The molecule has 1 aromatic heterocycles. The van der Waals surface area contributed by atoms with Crippen molar-refractivity contribution in [1.82, 2.24) is 20.2 Å². The number of nitrogens with zero attached hydrogens (tertiary/aromatic N) is 3.